The molecule has 18 heavy (non-hydrogen) atoms. The molecule has 1 saturated carbocycles. The lowest BCUT2D eigenvalue weighted by atomic mass is 9.86. The quantitative estimate of drug-likeness (QED) is 0.621. The van der Waals surface area contributed by atoms with Gasteiger partial charge in [0.25, 0.3) is 0 Å². The maximum atomic E-state index is 11.8. The van der Waals surface area contributed by atoms with Gasteiger partial charge in [-0.05, 0) is 25.7 Å². The van der Waals surface area contributed by atoms with Crippen LogP contribution in [0, 0.1) is 11.8 Å². The van der Waals surface area contributed by atoms with E-state index in [1.165, 1.54) is 0 Å². The van der Waals surface area contributed by atoms with Gasteiger partial charge >= 0.3 is 0 Å². The molecular formula is C13H25N3O2. The fraction of sp³-hybridized carbons (Fsp3) is 0.846. The van der Waals surface area contributed by atoms with Crippen molar-refractivity contribution in [3.05, 3.63) is 0 Å². The molecule has 0 aromatic heterocycles. The molecule has 5 nitrogen and oxygen atoms in total. The second-order valence-electron chi connectivity index (χ2n) is 5.35. The molecule has 4 N–H and O–H groups in total. The van der Waals surface area contributed by atoms with E-state index in [0.717, 1.165) is 25.7 Å². The van der Waals surface area contributed by atoms with Crippen molar-refractivity contribution in [2.24, 2.45) is 17.6 Å². The van der Waals surface area contributed by atoms with Gasteiger partial charge in [-0.2, -0.15) is 0 Å². The Labute approximate surface area is 109 Å². The number of rotatable bonds is 5. The van der Waals surface area contributed by atoms with Crippen LogP contribution in [0.4, 0.5) is 0 Å². The van der Waals surface area contributed by atoms with Gasteiger partial charge in [-0.15, -0.1) is 0 Å². The lowest BCUT2D eigenvalue weighted by molar-refractivity contribution is -0.127. The van der Waals surface area contributed by atoms with Crippen molar-refractivity contribution < 1.29 is 9.59 Å². The van der Waals surface area contributed by atoms with E-state index in [1.807, 2.05) is 13.8 Å². The fourth-order valence-corrected chi connectivity index (χ4v) is 2.10. The van der Waals surface area contributed by atoms with Gasteiger partial charge in [0, 0.05) is 31.0 Å². The summed E-state index contributed by atoms with van der Waals surface area (Å²) in [7, 11) is 0. The molecule has 0 aliphatic heterocycles. The van der Waals surface area contributed by atoms with Crippen molar-refractivity contribution in [1.82, 2.24) is 10.6 Å². The van der Waals surface area contributed by atoms with Gasteiger partial charge < -0.3 is 16.4 Å². The number of hydrogen-bond acceptors (Lipinski definition) is 3. The topological polar surface area (TPSA) is 84.2 Å². The second kappa shape index (κ2) is 7.36. The van der Waals surface area contributed by atoms with Gasteiger partial charge in [-0.3, -0.25) is 9.59 Å². The van der Waals surface area contributed by atoms with Gasteiger partial charge in [0.2, 0.25) is 11.8 Å². The summed E-state index contributed by atoms with van der Waals surface area (Å²) in [4.78, 5) is 23.1. The van der Waals surface area contributed by atoms with Crippen molar-refractivity contribution in [3.8, 4) is 0 Å². The first-order chi connectivity index (χ1) is 8.50. The van der Waals surface area contributed by atoms with E-state index >= 15 is 0 Å². The molecule has 5 heteroatoms. The van der Waals surface area contributed by atoms with Gasteiger partial charge in [-0.1, -0.05) is 13.8 Å². The van der Waals surface area contributed by atoms with Gasteiger partial charge in [-0.25, -0.2) is 0 Å². The molecular weight excluding hydrogens is 230 g/mol. The first-order valence-electron chi connectivity index (χ1n) is 6.81. The Morgan fingerprint density at radius 3 is 2.22 bits per heavy atom. The fourth-order valence-electron chi connectivity index (χ4n) is 2.10. The van der Waals surface area contributed by atoms with E-state index in [4.69, 9.17) is 5.73 Å². The Morgan fingerprint density at radius 1 is 1.11 bits per heavy atom. The lowest BCUT2D eigenvalue weighted by Gasteiger charge is -2.25. The average Bonchev–Trinajstić information content (AvgIpc) is 2.34. The van der Waals surface area contributed by atoms with Crippen molar-refractivity contribution >= 4 is 11.8 Å². The van der Waals surface area contributed by atoms with Crippen LogP contribution >= 0.6 is 0 Å². The summed E-state index contributed by atoms with van der Waals surface area (Å²) < 4.78 is 0. The summed E-state index contributed by atoms with van der Waals surface area (Å²) in [6.07, 6.45) is 3.63. The molecule has 0 atom stereocenters. The first-order valence-corrected chi connectivity index (χ1v) is 6.81. The number of carbonyl (C=O) groups is 2. The van der Waals surface area contributed by atoms with Crippen LogP contribution in [-0.4, -0.2) is 30.9 Å². The van der Waals surface area contributed by atoms with Crippen molar-refractivity contribution in [2.45, 2.75) is 45.6 Å². The summed E-state index contributed by atoms with van der Waals surface area (Å²) in [6, 6.07) is 0.263. The molecule has 0 unspecified atom stereocenters. The van der Waals surface area contributed by atoms with Gasteiger partial charge in [0.15, 0.2) is 0 Å². The summed E-state index contributed by atoms with van der Waals surface area (Å²) in [6.45, 7) is 4.69. The molecule has 0 heterocycles. The number of amides is 2. The third-order valence-corrected chi connectivity index (χ3v) is 3.39. The van der Waals surface area contributed by atoms with Crippen LogP contribution < -0.4 is 16.4 Å². The Morgan fingerprint density at radius 2 is 1.67 bits per heavy atom. The zero-order valence-corrected chi connectivity index (χ0v) is 11.4. The molecule has 0 saturated heterocycles. The maximum Gasteiger partial charge on any atom is 0.223 e. The third-order valence-electron chi connectivity index (χ3n) is 3.39. The highest BCUT2D eigenvalue weighted by Crippen LogP contribution is 2.22. The predicted octanol–water partition coefficient (Wildman–Crippen LogP) is 0.392. The minimum absolute atomic E-state index is 0.0134. The van der Waals surface area contributed by atoms with E-state index < -0.39 is 0 Å². The molecule has 0 bridgehead atoms. The number of nitrogens with two attached hydrogens (primary N) is 1. The molecule has 1 rings (SSSR count). The standard InChI is InChI=1S/C13H25N3O2/c1-9(2)12(17)15-7-8-16-13(18)10-3-5-11(14)6-4-10/h9-11H,3-8,14H2,1-2H3,(H,15,17)(H,16,18). The van der Waals surface area contributed by atoms with Crippen LogP contribution in [0.3, 0.4) is 0 Å². The van der Waals surface area contributed by atoms with Crippen LogP contribution in [0.2, 0.25) is 0 Å². The second-order valence-corrected chi connectivity index (χ2v) is 5.35. The van der Waals surface area contributed by atoms with Crippen molar-refractivity contribution in [2.75, 3.05) is 13.1 Å². The molecule has 0 radical (unpaired) electrons. The van der Waals surface area contributed by atoms with Crippen LogP contribution in [0.1, 0.15) is 39.5 Å². The van der Waals surface area contributed by atoms with E-state index in [0.29, 0.717) is 13.1 Å². The Kier molecular flexibility index (Phi) is 6.12. The number of hydrogen-bond donors (Lipinski definition) is 3. The van der Waals surface area contributed by atoms with E-state index in [-0.39, 0.29) is 29.7 Å². The lowest BCUT2D eigenvalue weighted by Crippen LogP contribution is -2.40. The summed E-state index contributed by atoms with van der Waals surface area (Å²) >= 11 is 0. The summed E-state index contributed by atoms with van der Waals surface area (Å²) in [5.41, 5.74) is 5.80. The molecule has 1 fully saturated rings. The zero-order valence-electron chi connectivity index (χ0n) is 11.4. The highest BCUT2D eigenvalue weighted by Gasteiger charge is 2.24. The van der Waals surface area contributed by atoms with Crippen LogP contribution in [0.25, 0.3) is 0 Å². The average molecular weight is 255 g/mol. The zero-order chi connectivity index (χ0) is 13.5. The van der Waals surface area contributed by atoms with Gasteiger partial charge in [0.1, 0.15) is 0 Å². The molecule has 0 aromatic rings. The summed E-state index contributed by atoms with van der Waals surface area (Å²) in [5.74, 6) is 0.208. The largest absolute Gasteiger partial charge is 0.354 e. The van der Waals surface area contributed by atoms with Gasteiger partial charge in [0.05, 0.1) is 0 Å². The minimum atomic E-state index is -0.0134. The van der Waals surface area contributed by atoms with Crippen LogP contribution in [0.5, 0.6) is 0 Å². The van der Waals surface area contributed by atoms with Crippen molar-refractivity contribution in [1.29, 1.82) is 0 Å². The van der Waals surface area contributed by atoms with Crippen LogP contribution in [0.15, 0.2) is 0 Å². The highest BCUT2D eigenvalue weighted by atomic mass is 16.2. The molecule has 104 valence electrons. The smallest absolute Gasteiger partial charge is 0.223 e. The Balaban J connectivity index is 2.12. The summed E-state index contributed by atoms with van der Waals surface area (Å²) in [5, 5.41) is 5.64. The van der Waals surface area contributed by atoms with E-state index in [2.05, 4.69) is 10.6 Å². The minimum Gasteiger partial charge on any atom is -0.354 e. The molecule has 2 amide bonds. The van der Waals surface area contributed by atoms with E-state index in [9.17, 15) is 9.59 Å². The molecule has 1 aliphatic rings. The predicted molar refractivity (Wildman–Crippen MR) is 70.8 cm³/mol. The molecule has 0 spiro atoms. The van der Waals surface area contributed by atoms with E-state index in [1.54, 1.807) is 0 Å². The van der Waals surface area contributed by atoms with Crippen molar-refractivity contribution in [3.63, 3.8) is 0 Å². The monoisotopic (exact) mass is 255 g/mol. The van der Waals surface area contributed by atoms with Crippen LogP contribution in [-0.2, 0) is 9.59 Å². The molecule has 1 aliphatic carbocycles. The highest BCUT2D eigenvalue weighted by molar-refractivity contribution is 5.79. The normalized spacial score (nSPS) is 23.8. The maximum absolute atomic E-state index is 11.8. The number of carbonyl (C=O) groups excluding carboxylic acids is 2. The molecule has 0 aromatic carbocycles. The Bertz CT molecular complexity index is 284. The first kappa shape index (κ1) is 15.0. The Hall–Kier alpha value is -1.10. The number of nitrogens with one attached hydrogen (secondary N) is 2. The SMILES string of the molecule is CC(C)C(=O)NCCNC(=O)C1CCC(N)CC1. The third kappa shape index (κ3) is 5.04.